The Morgan fingerprint density at radius 2 is 1.89 bits per heavy atom. The average molecular weight is 257 g/mol. The van der Waals surface area contributed by atoms with Crippen molar-refractivity contribution in [1.82, 2.24) is 5.32 Å². The third kappa shape index (κ3) is 3.46. The molecule has 1 rings (SSSR count). The lowest BCUT2D eigenvalue weighted by molar-refractivity contribution is -0.130. The first-order valence-electron chi connectivity index (χ1n) is 7.38. The van der Waals surface area contributed by atoms with Crippen LogP contribution in [0.2, 0.25) is 0 Å². The van der Waals surface area contributed by atoms with Gasteiger partial charge in [-0.25, -0.2) is 0 Å². The van der Waals surface area contributed by atoms with Crippen LogP contribution in [0.5, 0.6) is 0 Å². The van der Waals surface area contributed by atoms with Gasteiger partial charge in [0.15, 0.2) is 0 Å². The van der Waals surface area contributed by atoms with Gasteiger partial charge in [0.2, 0.25) is 0 Å². The van der Waals surface area contributed by atoms with E-state index in [4.69, 9.17) is 9.47 Å². The van der Waals surface area contributed by atoms with Crippen molar-refractivity contribution in [3.63, 3.8) is 0 Å². The van der Waals surface area contributed by atoms with Crippen LogP contribution in [-0.2, 0) is 9.47 Å². The summed E-state index contributed by atoms with van der Waals surface area (Å²) in [5.41, 5.74) is 0.193. The number of hydrogen-bond acceptors (Lipinski definition) is 3. The molecule has 0 aromatic rings. The Kier molecular flexibility index (Phi) is 5.63. The number of rotatable bonds is 8. The highest BCUT2D eigenvalue weighted by molar-refractivity contribution is 5.05. The standard InChI is InChI=1S/C15H31NO2/c1-7-15(6)12(10-13(15)17-8-2)16-11-14(4,5)18-9-3/h12-13,16H,7-11H2,1-6H3. The van der Waals surface area contributed by atoms with Gasteiger partial charge in [-0.05, 0) is 40.5 Å². The van der Waals surface area contributed by atoms with Crippen LogP contribution in [0.3, 0.4) is 0 Å². The van der Waals surface area contributed by atoms with Crippen molar-refractivity contribution >= 4 is 0 Å². The molecule has 3 heteroatoms. The minimum absolute atomic E-state index is 0.0832. The zero-order chi connectivity index (χ0) is 13.8. The van der Waals surface area contributed by atoms with Crippen molar-refractivity contribution < 1.29 is 9.47 Å². The largest absolute Gasteiger partial charge is 0.378 e. The number of hydrogen-bond donors (Lipinski definition) is 1. The van der Waals surface area contributed by atoms with Gasteiger partial charge in [-0.15, -0.1) is 0 Å². The summed E-state index contributed by atoms with van der Waals surface area (Å²) in [6.07, 6.45) is 2.70. The maximum Gasteiger partial charge on any atom is 0.0750 e. The second-order valence-electron chi connectivity index (χ2n) is 6.17. The van der Waals surface area contributed by atoms with Crippen molar-refractivity contribution in [2.75, 3.05) is 19.8 Å². The normalized spacial score (nSPS) is 32.3. The molecule has 1 aliphatic carbocycles. The molecule has 18 heavy (non-hydrogen) atoms. The van der Waals surface area contributed by atoms with E-state index in [0.717, 1.165) is 32.6 Å². The van der Waals surface area contributed by atoms with Gasteiger partial charge in [0.25, 0.3) is 0 Å². The van der Waals surface area contributed by atoms with E-state index < -0.39 is 0 Å². The lowest BCUT2D eigenvalue weighted by atomic mass is 9.61. The fourth-order valence-electron chi connectivity index (χ4n) is 2.88. The molecule has 0 spiro atoms. The molecule has 1 N–H and O–H groups in total. The molecule has 0 bridgehead atoms. The smallest absolute Gasteiger partial charge is 0.0750 e. The van der Waals surface area contributed by atoms with E-state index in [0.29, 0.717) is 12.1 Å². The van der Waals surface area contributed by atoms with Crippen molar-refractivity contribution in [3.05, 3.63) is 0 Å². The summed E-state index contributed by atoms with van der Waals surface area (Å²) in [4.78, 5) is 0. The fourth-order valence-corrected chi connectivity index (χ4v) is 2.88. The van der Waals surface area contributed by atoms with Gasteiger partial charge >= 0.3 is 0 Å². The van der Waals surface area contributed by atoms with Gasteiger partial charge in [-0.1, -0.05) is 13.8 Å². The maximum absolute atomic E-state index is 5.82. The van der Waals surface area contributed by atoms with Crippen LogP contribution in [0.15, 0.2) is 0 Å². The quantitative estimate of drug-likeness (QED) is 0.725. The number of nitrogens with one attached hydrogen (secondary N) is 1. The molecule has 108 valence electrons. The lowest BCUT2D eigenvalue weighted by Gasteiger charge is -2.54. The van der Waals surface area contributed by atoms with E-state index in [1.165, 1.54) is 0 Å². The number of ether oxygens (including phenoxy) is 2. The van der Waals surface area contributed by atoms with Crippen molar-refractivity contribution in [2.45, 2.75) is 72.1 Å². The summed E-state index contributed by atoms with van der Waals surface area (Å²) in [6, 6.07) is 0.554. The Balaban J connectivity index is 2.45. The fraction of sp³-hybridized carbons (Fsp3) is 1.00. The Hall–Kier alpha value is -0.120. The highest BCUT2D eigenvalue weighted by Gasteiger charge is 2.51. The van der Waals surface area contributed by atoms with E-state index in [9.17, 15) is 0 Å². The predicted octanol–water partition coefficient (Wildman–Crippen LogP) is 2.98. The Bertz CT molecular complexity index is 255. The van der Waals surface area contributed by atoms with Gasteiger partial charge < -0.3 is 14.8 Å². The first-order chi connectivity index (χ1) is 8.39. The van der Waals surface area contributed by atoms with Crippen LogP contribution in [0.4, 0.5) is 0 Å². The van der Waals surface area contributed by atoms with E-state index in [2.05, 4.69) is 39.9 Å². The minimum Gasteiger partial charge on any atom is -0.378 e. The Morgan fingerprint density at radius 1 is 1.22 bits per heavy atom. The molecular weight excluding hydrogens is 226 g/mol. The highest BCUT2D eigenvalue weighted by atomic mass is 16.5. The van der Waals surface area contributed by atoms with Gasteiger partial charge in [0.05, 0.1) is 11.7 Å². The molecule has 1 fully saturated rings. The van der Waals surface area contributed by atoms with Crippen molar-refractivity contribution in [2.24, 2.45) is 5.41 Å². The molecular formula is C15H31NO2. The van der Waals surface area contributed by atoms with Crippen molar-refractivity contribution in [3.8, 4) is 0 Å². The molecule has 3 unspecified atom stereocenters. The topological polar surface area (TPSA) is 30.5 Å². The Morgan fingerprint density at radius 3 is 2.39 bits per heavy atom. The zero-order valence-electron chi connectivity index (χ0n) is 13.0. The first kappa shape index (κ1) is 15.9. The van der Waals surface area contributed by atoms with Gasteiger partial charge in [-0.2, -0.15) is 0 Å². The molecule has 1 aliphatic rings. The molecule has 3 atom stereocenters. The first-order valence-corrected chi connectivity index (χ1v) is 7.38. The van der Waals surface area contributed by atoms with Crippen LogP contribution >= 0.6 is 0 Å². The molecule has 0 amide bonds. The maximum atomic E-state index is 5.82. The average Bonchev–Trinajstić information content (AvgIpc) is 2.31. The van der Waals surface area contributed by atoms with E-state index in [1.54, 1.807) is 0 Å². The van der Waals surface area contributed by atoms with E-state index >= 15 is 0 Å². The highest BCUT2D eigenvalue weighted by Crippen LogP contribution is 2.45. The summed E-state index contributed by atoms with van der Waals surface area (Å²) >= 11 is 0. The molecule has 0 radical (unpaired) electrons. The lowest BCUT2D eigenvalue weighted by Crippen LogP contribution is -2.63. The molecule has 0 aromatic heterocycles. The predicted molar refractivity (Wildman–Crippen MR) is 75.9 cm³/mol. The van der Waals surface area contributed by atoms with Crippen molar-refractivity contribution in [1.29, 1.82) is 0 Å². The third-order valence-electron chi connectivity index (χ3n) is 4.42. The second kappa shape index (κ2) is 6.36. The SMILES string of the molecule is CCOC1CC(NCC(C)(C)OCC)C1(C)CC. The minimum atomic E-state index is -0.0832. The summed E-state index contributed by atoms with van der Waals surface area (Å²) in [5, 5.41) is 3.67. The second-order valence-corrected chi connectivity index (χ2v) is 6.17. The van der Waals surface area contributed by atoms with Crippen LogP contribution in [0.1, 0.15) is 54.4 Å². The molecule has 0 aromatic carbocycles. The summed E-state index contributed by atoms with van der Waals surface area (Å²) in [6.45, 7) is 15.5. The van der Waals surface area contributed by atoms with Gasteiger partial charge in [-0.3, -0.25) is 0 Å². The van der Waals surface area contributed by atoms with Crippen LogP contribution in [-0.4, -0.2) is 37.5 Å². The molecule has 0 heterocycles. The monoisotopic (exact) mass is 257 g/mol. The van der Waals surface area contributed by atoms with Crippen LogP contribution < -0.4 is 5.32 Å². The van der Waals surface area contributed by atoms with Crippen LogP contribution in [0.25, 0.3) is 0 Å². The molecule has 1 saturated carbocycles. The summed E-state index contributed by atoms with van der Waals surface area (Å²) in [5.74, 6) is 0. The van der Waals surface area contributed by atoms with Crippen LogP contribution in [0, 0.1) is 5.41 Å². The van der Waals surface area contributed by atoms with Gasteiger partial charge in [0, 0.05) is 31.2 Å². The van der Waals surface area contributed by atoms with E-state index in [1.807, 2.05) is 6.92 Å². The third-order valence-corrected chi connectivity index (χ3v) is 4.42. The van der Waals surface area contributed by atoms with Gasteiger partial charge in [0.1, 0.15) is 0 Å². The van der Waals surface area contributed by atoms with E-state index in [-0.39, 0.29) is 11.0 Å². The summed E-state index contributed by atoms with van der Waals surface area (Å²) in [7, 11) is 0. The molecule has 0 saturated heterocycles. The molecule has 0 aliphatic heterocycles. The Labute approximate surface area is 113 Å². The summed E-state index contributed by atoms with van der Waals surface area (Å²) < 4.78 is 11.6. The molecule has 3 nitrogen and oxygen atoms in total. The zero-order valence-corrected chi connectivity index (χ0v) is 13.0.